The zero-order chi connectivity index (χ0) is 23.8. The van der Waals surface area contributed by atoms with E-state index in [4.69, 9.17) is 5.73 Å². The summed E-state index contributed by atoms with van der Waals surface area (Å²) < 4.78 is 0. The molecule has 1 heterocycles. The van der Waals surface area contributed by atoms with Gasteiger partial charge in [0.15, 0.2) is 11.4 Å². The number of aromatic hydroxyl groups is 1. The molecule has 9 nitrogen and oxygen atoms in total. The number of nitrogens with two attached hydrogens (primary N) is 1. The van der Waals surface area contributed by atoms with E-state index in [1.165, 1.54) is 0 Å². The minimum Gasteiger partial charge on any atom is -0.508 e. The van der Waals surface area contributed by atoms with E-state index >= 15 is 0 Å². The predicted octanol–water partition coefficient (Wildman–Crippen LogP) is 1.19. The lowest BCUT2D eigenvalue weighted by atomic mass is 9.59. The number of hydrogen-bond donors (Lipinski definition) is 5. The maximum absolute atomic E-state index is 13.4. The van der Waals surface area contributed by atoms with E-state index in [1.54, 1.807) is 6.07 Å². The molecule has 33 heavy (non-hydrogen) atoms. The zero-order valence-corrected chi connectivity index (χ0v) is 18.2. The number of ketones is 2. The van der Waals surface area contributed by atoms with Gasteiger partial charge in [0.2, 0.25) is 5.78 Å². The van der Waals surface area contributed by atoms with E-state index in [1.807, 2.05) is 13.1 Å². The summed E-state index contributed by atoms with van der Waals surface area (Å²) in [6.45, 7) is 0.952. The highest BCUT2D eigenvalue weighted by atomic mass is 16.3. The molecule has 1 aromatic carbocycles. The molecule has 1 saturated carbocycles. The molecular formula is C24H26N2O7. The summed E-state index contributed by atoms with van der Waals surface area (Å²) in [5.74, 6) is -6.07. The Bertz CT molecular complexity index is 1180. The Morgan fingerprint density at radius 1 is 1.18 bits per heavy atom. The van der Waals surface area contributed by atoms with E-state index < -0.39 is 52.0 Å². The first-order valence-electron chi connectivity index (χ1n) is 11.1. The van der Waals surface area contributed by atoms with E-state index in [0.717, 1.165) is 24.9 Å². The summed E-state index contributed by atoms with van der Waals surface area (Å²) in [6.07, 6.45) is 2.14. The van der Waals surface area contributed by atoms with Crippen molar-refractivity contribution < 1.29 is 34.8 Å². The SMILES string of the molecule is CN1CCCC1c1cc(O)c2c(c1)CC1C[C@H]3CC(=O)C(C(N)=O)=C(O)[C@@]3(O)C(=O)C1=C2O. The topological polar surface area (TPSA) is 161 Å². The molecule has 1 saturated heterocycles. The fraction of sp³-hybridized carbons (Fsp3) is 0.458. The number of amides is 1. The van der Waals surface area contributed by atoms with Crippen molar-refractivity contribution in [2.75, 3.05) is 13.6 Å². The first kappa shape index (κ1) is 21.7. The number of aliphatic hydroxyl groups excluding tert-OH is 2. The largest absolute Gasteiger partial charge is 0.508 e. The van der Waals surface area contributed by atoms with Crippen LogP contribution >= 0.6 is 0 Å². The van der Waals surface area contributed by atoms with Crippen LogP contribution in [0.1, 0.15) is 48.4 Å². The number of nitrogens with zero attached hydrogens (tertiary/aromatic N) is 1. The van der Waals surface area contributed by atoms with Crippen LogP contribution in [0.15, 0.2) is 29.0 Å². The van der Waals surface area contributed by atoms with E-state index in [-0.39, 0.29) is 35.8 Å². The van der Waals surface area contributed by atoms with Gasteiger partial charge in [-0.05, 0) is 62.4 Å². The number of aliphatic hydroxyl groups is 3. The lowest BCUT2D eigenvalue weighted by Crippen LogP contribution is -2.58. The number of Topliss-reactive ketones (excluding diaryl/α,β-unsaturated/α-hetero) is 2. The van der Waals surface area contributed by atoms with Gasteiger partial charge >= 0.3 is 0 Å². The van der Waals surface area contributed by atoms with Gasteiger partial charge in [0.25, 0.3) is 5.91 Å². The molecule has 1 amide bonds. The second-order valence-electron chi connectivity index (χ2n) is 9.62. The lowest BCUT2D eigenvalue weighted by Gasteiger charge is -2.46. The highest BCUT2D eigenvalue weighted by molar-refractivity contribution is 6.22. The summed E-state index contributed by atoms with van der Waals surface area (Å²) in [7, 11) is 2.02. The molecule has 0 spiro atoms. The maximum atomic E-state index is 13.4. The van der Waals surface area contributed by atoms with Gasteiger partial charge in [-0.1, -0.05) is 6.07 Å². The summed E-state index contributed by atoms with van der Waals surface area (Å²) in [4.78, 5) is 39.7. The van der Waals surface area contributed by atoms with Crippen LogP contribution in [0.4, 0.5) is 0 Å². The van der Waals surface area contributed by atoms with Gasteiger partial charge in [0.05, 0.1) is 5.56 Å². The Labute approximate surface area is 189 Å². The van der Waals surface area contributed by atoms with Crippen LogP contribution in [0.5, 0.6) is 5.75 Å². The number of phenols is 1. The normalized spacial score (nSPS) is 32.0. The Morgan fingerprint density at radius 3 is 2.55 bits per heavy atom. The lowest BCUT2D eigenvalue weighted by molar-refractivity contribution is -0.147. The van der Waals surface area contributed by atoms with Crippen molar-refractivity contribution in [1.29, 1.82) is 0 Å². The van der Waals surface area contributed by atoms with Crippen molar-refractivity contribution >= 4 is 23.2 Å². The van der Waals surface area contributed by atoms with E-state index in [9.17, 15) is 34.8 Å². The maximum Gasteiger partial charge on any atom is 0.255 e. The number of likely N-dealkylation sites (tertiary alicyclic amines) is 1. The highest BCUT2D eigenvalue weighted by Gasteiger charge is 2.60. The molecule has 2 unspecified atom stereocenters. The summed E-state index contributed by atoms with van der Waals surface area (Å²) in [5, 5.41) is 43.6. The average Bonchev–Trinajstić information content (AvgIpc) is 3.16. The monoisotopic (exact) mass is 454 g/mol. The van der Waals surface area contributed by atoms with Gasteiger partial charge in [-0.3, -0.25) is 19.3 Å². The van der Waals surface area contributed by atoms with E-state index in [2.05, 4.69) is 4.90 Å². The predicted molar refractivity (Wildman–Crippen MR) is 116 cm³/mol. The number of carbonyl (C=O) groups is 3. The quantitative estimate of drug-likeness (QED) is 0.416. The number of benzene rings is 1. The first-order chi connectivity index (χ1) is 15.6. The fourth-order valence-corrected chi connectivity index (χ4v) is 6.20. The minimum atomic E-state index is -2.53. The molecule has 1 aromatic rings. The Balaban J connectivity index is 1.63. The molecule has 4 aliphatic rings. The van der Waals surface area contributed by atoms with Crippen LogP contribution in [-0.4, -0.2) is 62.0 Å². The van der Waals surface area contributed by atoms with Crippen LogP contribution in [0.2, 0.25) is 0 Å². The van der Waals surface area contributed by atoms with Gasteiger partial charge < -0.3 is 26.2 Å². The molecule has 0 bridgehead atoms. The van der Waals surface area contributed by atoms with Gasteiger partial charge in [0, 0.05) is 24.0 Å². The molecular weight excluding hydrogens is 428 g/mol. The Morgan fingerprint density at radius 2 is 1.91 bits per heavy atom. The van der Waals surface area contributed by atoms with Crippen molar-refractivity contribution in [2.45, 2.75) is 43.7 Å². The number of primary amides is 1. The van der Waals surface area contributed by atoms with Crippen molar-refractivity contribution in [2.24, 2.45) is 17.6 Å². The number of rotatable bonds is 2. The number of carbonyl (C=O) groups excluding carboxylic acids is 3. The van der Waals surface area contributed by atoms with Crippen LogP contribution in [0, 0.1) is 11.8 Å². The van der Waals surface area contributed by atoms with Crippen molar-refractivity contribution in [3.8, 4) is 5.75 Å². The van der Waals surface area contributed by atoms with Gasteiger partial charge in [-0.25, -0.2) is 0 Å². The second kappa shape index (κ2) is 7.16. The molecule has 5 rings (SSSR count). The molecule has 174 valence electrons. The number of phenolic OH excluding ortho intramolecular Hbond substituents is 1. The summed E-state index contributed by atoms with van der Waals surface area (Å²) in [6, 6.07) is 3.68. The Hall–Kier alpha value is -3.17. The molecule has 1 aliphatic heterocycles. The van der Waals surface area contributed by atoms with Crippen molar-refractivity contribution in [3.05, 3.63) is 45.7 Å². The van der Waals surface area contributed by atoms with Gasteiger partial charge in [-0.15, -0.1) is 0 Å². The standard InChI is InChI=1S/C24H26N2O7/c1-26-4-2-3-14(26)10-5-11-6-12-7-13-9-16(28)19(23(25)32)22(31)24(13,33)21(30)18(12)20(29)17(11)15(27)8-10/h5,8,12-14,27,29,31,33H,2-4,6-7,9H2,1H3,(H2,25,32)/t12?,13-,14?,24-/m0/s1. The molecule has 0 radical (unpaired) electrons. The molecule has 0 aromatic heterocycles. The Kier molecular flexibility index (Phi) is 4.70. The third-order valence-corrected chi connectivity index (χ3v) is 7.80. The summed E-state index contributed by atoms with van der Waals surface area (Å²) in [5.41, 5.74) is 3.51. The molecule has 6 N–H and O–H groups in total. The molecule has 9 heteroatoms. The smallest absolute Gasteiger partial charge is 0.255 e. The molecule has 3 aliphatic carbocycles. The average molecular weight is 454 g/mol. The fourth-order valence-electron chi connectivity index (χ4n) is 6.20. The van der Waals surface area contributed by atoms with Crippen LogP contribution in [-0.2, 0) is 20.8 Å². The van der Waals surface area contributed by atoms with Crippen LogP contribution < -0.4 is 5.73 Å². The third kappa shape index (κ3) is 2.88. The number of fused-ring (bicyclic) bond motifs is 3. The van der Waals surface area contributed by atoms with Crippen LogP contribution in [0.25, 0.3) is 5.76 Å². The van der Waals surface area contributed by atoms with Crippen LogP contribution in [0.3, 0.4) is 0 Å². The second-order valence-corrected chi connectivity index (χ2v) is 9.62. The summed E-state index contributed by atoms with van der Waals surface area (Å²) >= 11 is 0. The first-order valence-corrected chi connectivity index (χ1v) is 11.1. The van der Waals surface area contributed by atoms with Crippen molar-refractivity contribution in [1.82, 2.24) is 4.90 Å². The highest BCUT2D eigenvalue weighted by Crippen LogP contribution is 2.52. The van der Waals surface area contributed by atoms with E-state index in [0.29, 0.717) is 12.0 Å². The zero-order valence-electron chi connectivity index (χ0n) is 18.2. The van der Waals surface area contributed by atoms with Crippen molar-refractivity contribution in [3.63, 3.8) is 0 Å². The molecule has 4 atom stereocenters. The minimum absolute atomic E-state index is 0.119. The van der Waals surface area contributed by atoms with Gasteiger partial charge in [0.1, 0.15) is 22.8 Å². The third-order valence-electron chi connectivity index (χ3n) is 7.80. The van der Waals surface area contributed by atoms with Gasteiger partial charge in [-0.2, -0.15) is 0 Å². The molecule has 2 fully saturated rings. The number of hydrogen-bond acceptors (Lipinski definition) is 8.